The number of fused-ring (bicyclic) bond motifs is 1. The van der Waals surface area contributed by atoms with Gasteiger partial charge in [0.25, 0.3) is 5.56 Å². The molecule has 0 radical (unpaired) electrons. The fraction of sp³-hybridized carbons (Fsp3) is 0.240. The van der Waals surface area contributed by atoms with Gasteiger partial charge in [-0.1, -0.05) is 60.1 Å². The van der Waals surface area contributed by atoms with E-state index in [0.717, 1.165) is 36.1 Å². The fourth-order valence-corrected chi connectivity index (χ4v) is 5.35. The summed E-state index contributed by atoms with van der Waals surface area (Å²) in [6.07, 6.45) is 1.64. The molecule has 1 aliphatic heterocycles. The van der Waals surface area contributed by atoms with Crippen molar-refractivity contribution in [2.24, 2.45) is 5.92 Å². The number of amides is 1. The SMILES string of the molecule is O=C(NCc1ccccc1Cl)C1CCCN(c2nc3c(-c4ccccc4)csc3c(=O)[nH]2)C1. The molecule has 0 bridgehead atoms. The summed E-state index contributed by atoms with van der Waals surface area (Å²) in [6, 6.07) is 17.5. The van der Waals surface area contributed by atoms with Crippen molar-refractivity contribution in [1.82, 2.24) is 15.3 Å². The van der Waals surface area contributed by atoms with Crippen molar-refractivity contribution in [1.29, 1.82) is 0 Å². The third-order valence-corrected chi connectivity index (χ3v) is 7.34. The van der Waals surface area contributed by atoms with Crippen LogP contribution in [0.4, 0.5) is 5.95 Å². The number of aromatic amines is 1. The number of carbonyl (C=O) groups is 1. The largest absolute Gasteiger partial charge is 0.352 e. The molecule has 1 amide bonds. The Labute approximate surface area is 200 Å². The van der Waals surface area contributed by atoms with Crippen molar-refractivity contribution in [3.8, 4) is 11.1 Å². The van der Waals surface area contributed by atoms with Crippen molar-refractivity contribution in [3.63, 3.8) is 0 Å². The number of hydrogen-bond acceptors (Lipinski definition) is 5. The summed E-state index contributed by atoms with van der Waals surface area (Å²) in [6.45, 7) is 1.65. The van der Waals surface area contributed by atoms with E-state index in [2.05, 4.69) is 10.3 Å². The van der Waals surface area contributed by atoms with E-state index in [1.54, 1.807) is 0 Å². The van der Waals surface area contributed by atoms with Gasteiger partial charge in [0.2, 0.25) is 11.9 Å². The molecule has 8 heteroatoms. The maximum atomic E-state index is 12.9. The quantitative estimate of drug-likeness (QED) is 0.430. The number of piperidine rings is 1. The van der Waals surface area contributed by atoms with E-state index in [1.807, 2.05) is 64.9 Å². The molecule has 0 aliphatic carbocycles. The van der Waals surface area contributed by atoms with Crippen molar-refractivity contribution in [3.05, 3.63) is 80.9 Å². The predicted octanol–water partition coefficient (Wildman–Crippen LogP) is 4.84. The molecule has 1 fully saturated rings. The number of nitrogens with zero attached hydrogens (tertiary/aromatic N) is 2. The minimum Gasteiger partial charge on any atom is -0.352 e. The Bertz CT molecular complexity index is 1350. The summed E-state index contributed by atoms with van der Waals surface area (Å²) in [5.41, 5.74) is 3.43. The van der Waals surface area contributed by atoms with E-state index in [-0.39, 0.29) is 17.4 Å². The zero-order chi connectivity index (χ0) is 22.8. The second kappa shape index (κ2) is 9.37. The van der Waals surface area contributed by atoms with Crippen LogP contribution in [0.1, 0.15) is 18.4 Å². The predicted molar refractivity (Wildman–Crippen MR) is 134 cm³/mol. The number of thiophene rings is 1. The van der Waals surface area contributed by atoms with Gasteiger partial charge in [0.15, 0.2) is 0 Å². The molecule has 2 aromatic carbocycles. The number of benzene rings is 2. The zero-order valence-electron chi connectivity index (χ0n) is 17.9. The highest BCUT2D eigenvalue weighted by molar-refractivity contribution is 7.17. The smallest absolute Gasteiger partial charge is 0.270 e. The monoisotopic (exact) mass is 478 g/mol. The second-order valence-corrected chi connectivity index (χ2v) is 9.46. The first kappa shape index (κ1) is 21.7. The van der Waals surface area contributed by atoms with Crippen LogP contribution >= 0.6 is 22.9 Å². The van der Waals surface area contributed by atoms with Gasteiger partial charge in [0.1, 0.15) is 4.70 Å². The third-order valence-electron chi connectivity index (χ3n) is 6.00. The maximum Gasteiger partial charge on any atom is 0.270 e. The number of nitrogens with one attached hydrogen (secondary N) is 2. The van der Waals surface area contributed by atoms with Crippen LogP contribution in [0, 0.1) is 5.92 Å². The van der Waals surface area contributed by atoms with Crippen LogP contribution in [0.3, 0.4) is 0 Å². The number of halogens is 1. The third kappa shape index (κ3) is 4.51. The Balaban J connectivity index is 1.36. The number of hydrogen-bond donors (Lipinski definition) is 2. The molecule has 1 saturated heterocycles. The van der Waals surface area contributed by atoms with Crippen LogP contribution in [-0.2, 0) is 11.3 Å². The van der Waals surface area contributed by atoms with E-state index in [9.17, 15) is 9.59 Å². The molecule has 0 saturated carbocycles. The Kier molecular flexibility index (Phi) is 6.15. The van der Waals surface area contributed by atoms with Gasteiger partial charge in [-0.2, -0.15) is 0 Å². The average Bonchev–Trinajstić information content (AvgIpc) is 3.29. The van der Waals surface area contributed by atoms with Gasteiger partial charge in [-0.3, -0.25) is 14.6 Å². The van der Waals surface area contributed by atoms with Crippen LogP contribution in [0.25, 0.3) is 21.3 Å². The molecule has 1 atom stereocenters. The topological polar surface area (TPSA) is 78.1 Å². The average molecular weight is 479 g/mol. The van der Waals surface area contributed by atoms with E-state index < -0.39 is 0 Å². The Hall–Kier alpha value is -3.16. The van der Waals surface area contributed by atoms with Crippen LogP contribution in [-0.4, -0.2) is 29.0 Å². The molecule has 5 rings (SSSR count). The molecular formula is C25H23ClN4O2S. The normalized spacial score (nSPS) is 16.2. The van der Waals surface area contributed by atoms with Crippen molar-refractivity contribution < 1.29 is 4.79 Å². The Morgan fingerprint density at radius 2 is 1.97 bits per heavy atom. The van der Waals surface area contributed by atoms with Crippen molar-refractivity contribution in [2.75, 3.05) is 18.0 Å². The summed E-state index contributed by atoms with van der Waals surface area (Å²) in [7, 11) is 0. The van der Waals surface area contributed by atoms with E-state index >= 15 is 0 Å². The molecule has 1 unspecified atom stereocenters. The van der Waals surface area contributed by atoms with Gasteiger partial charge >= 0.3 is 0 Å². The molecule has 2 N–H and O–H groups in total. The molecule has 2 aromatic heterocycles. The van der Waals surface area contributed by atoms with Gasteiger partial charge < -0.3 is 10.2 Å². The summed E-state index contributed by atoms with van der Waals surface area (Å²) < 4.78 is 0.614. The summed E-state index contributed by atoms with van der Waals surface area (Å²) >= 11 is 7.61. The Morgan fingerprint density at radius 3 is 2.79 bits per heavy atom. The molecular weight excluding hydrogens is 456 g/mol. The lowest BCUT2D eigenvalue weighted by atomic mass is 9.97. The first-order valence-corrected chi connectivity index (χ1v) is 12.2. The molecule has 0 spiro atoms. The first-order chi connectivity index (χ1) is 16.1. The fourth-order valence-electron chi connectivity index (χ4n) is 4.24. The van der Waals surface area contributed by atoms with Crippen LogP contribution in [0.15, 0.2) is 64.8 Å². The van der Waals surface area contributed by atoms with Crippen LogP contribution in [0.5, 0.6) is 0 Å². The summed E-state index contributed by atoms with van der Waals surface area (Å²) in [4.78, 5) is 35.4. The molecule has 4 aromatic rings. The first-order valence-electron chi connectivity index (χ1n) is 10.9. The minimum atomic E-state index is -0.182. The van der Waals surface area contributed by atoms with Gasteiger partial charge in [-0.05, 0) is 30.0 Å². The number of rotatable bonds is 5. The van der Waals surface area contributed by atoms with E-state index in [1.165, 1.54) is 11.3 Å². The van der Waals surface area contributed by atoms with Gasteiger partial charge in [0.05, 0.1) is 11.4 Å². The minimum absolute atomic E-state index is 0.0106. The van der Waals surface area contributed by atoms with Crippen molar-refractivity contribution >= 4 is 45.0 Å². The number of anilines is 1. The molecule has 1 aliphatic rings. The lowest BCUT2D eigenvalue weighted by molar-refractivity contribution is -0.125. The van der Waals surface area contributed by atoms with Crippen molar-refractivity contribution in [2.45, 2.75) is 19.4 Å². The van der Waals surface area contributed by atoms with Gasteiger partial charge in [0, 0.05) is 35.6 Å². The lowest BCUT2D eigenvalue weighted by Crippen LogP contribution is -2.44. The standard InChI is InChI=1S/C25H23ClN4O2S/c26-20-11-5-4-9-17(20)13-27-23(31)18-10-6-12-30(14-18)25-28-21-19(16-7-2-1-3-8-16)15-33-22(21)24(32)29-25/h1-5,7-9,11,15,18H,6,10,12-14H2,(H,27,31)(H,28,29,32). The number of H-pyrrole nitrogens is 1. The van der Waals surface area contributed by atoms with Gasteiger partial charge in [-0.15, -0.1) is 11.3 Å². The Morgan fingerprint density at radius 1 is 1.18 bits per heavy atom. The molecule has 168 valence electrons. The lowest BCUT2D eigenvalue weighted by Gasteiger charge is -2.32. The second-order valence-electron chi connectivity index (χ2n) is 8.18. The number of aromatic nitrogens is 2. The zero-order valence-corrected chi connectivity index (χ0v) is 19.5. The highest BCUT2D eigenvalue weighted by atomic mass is 35.5. The van der Waals surface area contributed by atoms with E-state index in [4.69, 9.17) is 16.6 Å². The maximum absolute atomic E-state index is 12.9. The summed E-state index contributed by atoms with van der Waals surface area (Å²) in [5, 5.41) is 5.63. The van der Waals surface area contributed by atoms with E-state index in [0.29, 0.717) is 34.3 Å². The molecule has 6 nitrogen and oxygen atoms in total. The summed E-state index contributed by atoms with van der Waals surface area (Å²) in [5.74, 6) is 0.327. The molecule has 33 heavy (non-hydrogen) atoms. The highest BCUT2D eigenvalue weighted by Crippen LogP contribution is 2.32. The number of carbonyl (C=O) groups excluding carboxylic acids is 1. The van der Waals surface area contributed by atoms with Crippen LogP contribution < -0.4 is 15.8 Å². The highest BCUT2D eigenvalue weighted by Gasteiger charge is 2.27. The van der Waals surface area contributed by atoms with Gasteiger partial charge in [-0.25, -0.2) is 4.98 Å². The molecule has 3 heterocycles. The van der Waals surface area contributed by atoms with Crippen LogP contribution in [0.2, 0.25) is 5.02 Å².